The molecule has 0 fully saturated rings. The zero-order valence-electron chi connectivity index (χ0n) is 15.3. The van der Waals surface area contributed by atoms with Gasteiger partial charge in [0.1, 0.15) is 0 Å². The highest BCUT2D eigenvalue weighted by Gasteiger charge is 2.20. The fourth-order valence-electron chi connectivity index (χ4n) is 2.06. The first-order valence-corrected chi connectivity index (χ1v) is 10.5. The first-order valence-electron chi connectivity index (χ1n) is 9.07. The van der Waals surface area contributed by atoms with Gasteiger partial charge in [0, 0.05) is 7.11 Å². The summed E-state index contributed by atoms with van der Waals surface area (Å²) in [5.74, 6) is 0. The van der Waals surface area contributed by atoms with Gasteiger partial charge >= 0.3 is 7.91 Å². The summed E-state index contributed by atoms with van der Waals surface area (Å²) in [6.07, 6.45) is 23.9. The van der Waals surface area contributed by atoms with Crippen LogP contribution in [0.15, 0.2) is 36.5 Å². The van der Waals surface area contributed by atoms with Crippen LogP contribution < -0.4 is 0 Å². The molecule has 0 bridgehead atoms. The van der Waals surface area contributed by atoms with E-state index in [9.17, 15) is 8.76 Å². The molecule has 1 atom stereocenters. The van der Waals surface area contributed by atoms with Gasteiger partial charge in [0.2, 0.25) is 0 Å². The van der Waals surface area contributed by atoms with Crippen LogP contribution in [-0.2, 0) is 13.6 Å². The normalized spacial score (nSPS) is 15.0. The van der Waals surface area contributed by atoms with Crippen molar-refractivity contribution in [3.8, 4) is 0 Å². The van der Waals surface area contributed by atoms with E-state index in [2.05, 4.69) is 52.4 Å². The fraction of sp³-hybridized carbons (Fsp3) is 0.684. The highest BCUT2D eigenvalue weighted by atomic mass is 31.2. The van der Waals surface area contributed by atoms with Gasteiger partial charge in [-0.3, -0.25) is 9.05 Å². The van der Waals surface area contributed by atoms with Gasteiger partial charge in [0.25, 0.3) is 0 Å². The maximum atomic E-state index is 12.8. The van der Waals surface area contributed by atoms with Gasteiger partial charge < -0.3 is 0 Å². The van der Waals surface area contributed by atoms with E-state index >= 15 is 0 Å². The molecule has 0 aromatic heterocycles. The molecule has 0 rings (SSSR count). The van der Waals surface area contributed by atoms with Crippen molar-refractivity contribution in [3.05, 3.63) is 36.5 Å². The predicted octanol–water partition coefficient (Wildman–Crippen LogP) is 7.32. The number of allylic oxidation sites excluding steroid dienone is 6. The zero-order chi connectivity index (χ0) is 17.9. The molecule has 0 saturated carbocycles. The predicted molar refractivity (Wildman–Crippen MR) is 101 cm³/mol. The smallest absolute Gasteiger partial charge is 0.287 e. The van der Waals surface area contributed by atoms with Gasteiger partial charge in [-0.15, -0.1) is 4.20 Å². The topological polar surface area (TPSA) is 35.5 Å². The van der Waals surface area contributed by atoms with E-state index in [1.165, 1.54) is 25.7 Å². The van der Waals surface area contributed by atoms with Gasteiger partial charge in [-0.1, -0.05) is 62.6 Å². The third-order valence-corrected chi connectivity index (χ3v) is 4.42. The van der Waals surface area contributed by atoms with Gasteiger partial charge in [-0.05, 0) is 44.9 Å². The molecule has 0 aliphatic heterocycles. The molecule has 0 amide bonds. The average Bonchev–Trinajstić information content (AvgIpc) is 2.57. The molecular formula is C19H34FO3P. The van der Waals surface area contributed by atoms with Crippen molar-refractivity contribution in [2.24, 2.45) is 0 Å². The minimum Gasteiger partial charge on any atom is -0.287 e. The lowest BCUT2D eigenvalue weighted by Crippen LogP contribution is -1.91. The molecule has 0 spiro atoms. The van der Waals surface area contributed by atoms with Crippen LogP contribution in [0.1, 0.15) is 71.1 Å². The van der Waals surface area contributed by atoms with Crippen LogP contribution in [0, 0.1) is 0 Å². The van der Waals surface area contributed by atoms with Crippen molar-refractivity contribution in [2.75, 3.05) is 13.7 Å². The lowest BCUT2D eigenvalue weighted by Gasteiger charge is -2.05. The minimum atomic E-state index is -4.29. The second-order valence-electron chi connectivity index (χ2n) is 5.68. The molecule has 0 aliphatic rings. The van der Waals surface area contributed by atoms with Crippen LogP contribution in [0.5, 0.6) is 0 Å². The monoisotopic (exact) mass is 360 g/mol. The molecule has 0 aromatic rings. The highest BCUT2D eigenvalue weighted by Crippen LogP contribution is 2.48. The molecule has 1 unspecified atom stereocenters. The van der Waals surface area contributed by atoms with E-state index in [0.717, 1.165) is 39.2 Å². The molecule has 0 saturated heterocycles. The minimum absolute atomic E-state index is 0.139. The van der Waals surface area contributed by atoms with Crippen LogP contribution in [0.4, 0.5) is 4.20 Å². The van der Waals surface area contributed by atoms with Crippen LogP contribution in [-0.4, -0.2) is 13.7 Å². The summed E-state index contributed by atoms with van der Waals surface area (Å²) in [5.41, 5.74) is 0. The second-order valence-corrected chi connectivity index (χ2v) is 7.16. The standard InChI is InChI=1S/C19H34FO3P/c1-3-4-5-6-7-8-9-10-11-12-13-14-15-16-17-18-19-23-24(20,21)22-2/h7-8,10-11,13-14H,3-6,9,12,15-19H2,1-2H3. The van der Waals surface area contributed by atoms with Crippen molar-refractivity contribution >= 4 is 7.91 Å². The molecule has 0 aliphatic carbocycles. The summed E-state index contributed by atoms with van der Waals surface area (Å²) in [7, 11) is -3.24. The molecule has 3 nitrogen and oxygen atoms in total. The molecule has 140 valence electrons. The Hall–Kier alpha value is -0.700. The molecular weight excluding hydrogens is 326 g/mol. The summed E-state index contributed by atoms with van der Waals surface area (Å²) in [5, 5.41) is 0. The molecule has 5 heteroatoms. The number of hydrogen-bond acceptors (Lipinski definition) is 3. The lowest BCUT2D eigenvalue weighted by atomic mass is 10.2. The van der Waals surface area contributed by atoms with E-state index in [1.807, 2.05) is 0 Å². The third kappa shape index (κ3) is 17.7. The summed E-state index contributed by atoms with van der Waals surface area (Å²) in [4.78, 5) is 0. The Morgan fingerprint density at radius 3 is 1.92 bits per heavy atom. The number of unbranched alkanes of at least 4 members (excludes halogenated alkanes) is 6. The van der Waals surface area contributed by atoms with Gasteiger partial charge in [0.05, 0.1) is 6.61 Å². The van der Waals surface area contributed by atoms with Crippen molar-refractivity contribution in [2.45, 2.75) is 71.1 Å². The van der Waals surface area contributed by atoms with Gasteiger partial charge in [-0.25, -0.2) is 4.57 Å². The summed E-state index contributed by atoms with van der Waals surface area (Å²) >= 11 is 0. The molecule has 0 radical (unpaired) electrons. The first kappa shape index (κ1) is 23.3. The van der Waals surface area contributed by atoms with Crippen LogP contribution in [0.3, 0.4) is 0 Å². The van der Waals surface area contributed by atoms with Crippen LogP contribution >= 0.6 is 7.91 Å². The number of rotatable bonds is 16. The van der Waals surface area contributed by atoms with Crippen molar-refractivity contribution in [1.29, 1.82) is 0 Å². The van der Waals surface area contributed by atoms with Crippen LogP contribution in [0.2, 0.25) is 0 Å². The second kappa shape index (κ2) is 17.1. The van der Waals surface area contributed by atoms with E-state index in [4.69, 9.17) is 0 Å². The Balaban J connectivity index is 3.38. The SMILES string of the molecule is CCCCCC=CCC=CCC=CCCCCCOP(=O)(F)OC. The first-order chi connectivity index (χ1) is 11.6. The highest BCUT2D eigenvalue weighted by molar-refractivity contribution is 7.48. The third-order valence-electron chi connectivity index (χ3n) is 3.50. The maximum Gasteiger partial charge on any atom is 0.512 e. The molecule has 24 heavy (non-hydrogen) atoms. The van der Waals surface area contributed by atoms with Crippen molar-refractivity contribution in [3.63, 3.8) is 0 Å². The zero-order valence-corrected chi connectivity index (χ0v) is 16.2. The van der Waals surface area contributed by atoms with Gasteiger partial charge in [-0.2, -0.15) is 0 Å². The van der Waals surface area contributed by atoms with E-state index in [1.54, 1.807) is 0 Å². The Kier molecular flexibility index (Phi) is 16.6. The number of hydrogen-bond donors (Lipinski definition) is 0. The van der Waals surface area contributed by atoms with E-state index < -0.39 is 7.91 Å². The molecule has 0 heterocycles. The summed E-state index contributed by atoms with van der Waals surface area (Å²) in [6.45, 7) is 2.36. The Labute approximate surface area is 147 Å². The number of halogens is 1. The summed E-state index contributed by atoms with van der Waals surface area (Å²) in [6, 6.07) is 0. The lowest BCUT2D eigenvalue weighted by molar-refractivity contribution is 0.197. The van der Waals surface area contributed by atoms with E-state index in [0.29, 0.717) is 6.42 Å². The van der Waals surface area contributed by atoms with Crippen molar-refractivity contribution in [1.82, 2.24) is 0 Å². The molecule has 0 aromatic carbocycles. The fourth-order valence-corrected chi connectivity index (χ4v) is 2.51. The Morgan fingerprint density at radius 1 is 0.833 bits per heavy atom. The summed E-state index contributed by atoms with van der Waals surface area (Å²) < 4.78 is 32.3. The average molecular weight is 360 g/mol. The quantitative estimate of drug-likeness (QED) is 0.164. The van der Waals surface area contributed by atoms with Gasteiger partial charge in [0.15, 0.2) is 0 Å². The largest absolute Gasteiger partial charge is 0.512 e. The van der Waals surface area contributed by atoms with Crippen molar-refractivity contribution < 1.29 is 17.8 Å². The Morgan fingerprint density at radius 2 is 1.38 bits per heavy atom. The van der Waals surface area contributed by atoms with E-state index in [-0.39, 0.29) is 6.61 Å². The Bertz CT molecular complexity index is 405. The van der Waals surface area contributed by atoms with Crippen LogP contribution in [0.25, 0.3) is 0 Å². The molecule has 0 N–H and O–H groups in total. The maximum absolute atomic E-state index is 12.8.